The zero-order valence-electron chi connectivity index (χ0n) is 3.84. The fourth-order valence-electron chi connectivity index (χ4n) is 0.0504. The molecule has 0 fully saturated rings. The zero-order valence-corrected chi connectivity index (χ0v) is 3.84. The SMILES string of the molecule is CC(=C[O])C(=O)O. The van der Waals surface area contributed by atoms with E-state index in [0.29, 0.717) is 6.26 Å². The minimum atomic E-state index is -1.16. The Bertz CT molecular complexity index is 104. The first kappa shape index (κ1) is 6.01. The summed E-state index contributed by atoms with van der Waals surface area (Å²) in [6, 6.07) is 0. The molecule has 39 valence electrons. The Morgan fingerprint density at radius 1 is 1.71 bits per heavy atom. The number of aliphatic carboxylic acids is 1. The highest BCUT2D eigenvalue weighted by Gasteiger charge is 1.96. The van der Waals surface area contributed by atoms with Gasteiger partial charge in [-0.2, -0.15) is 0 Å². The first-order valence-corrected chi connectivity index (χ1v) is 1.70. The summed E-state index contributed by atoms with van der Waals surface area (Å²) in [5.41, 5.74) is -0.167. The lowest BCUT2D eigenvalue weighted by atomic mass is 10.4. The maximum absolute atomic E-state index is 9.66. The van der Waals surface area contributed by atoms with Crippen LogP contribution in [0.25, 0.3) is 0 Å². The Morgan fingerprint density at radius 2 is 2.14 bits per heavy atom. The Kier molecular flexibility index (Phi) is 1.91. The van der Waals surface area contributed by atoms with Gasteiger partial charge < -0.3 is 5.11 Å². The third-order valence-corrected chi connectivity index (χ3v) is 0.514. The highest BCUT2D eigenvalue weighted by molar-refractivity contribution is 5.85. The highest BCUT2D eigenvalue weighted by Crippen LogP contribution is 1.86. The molecule has 0 unspecified atom stereocenters. The Morgan fingerprint density at radius 3 is 2.14 bits per heavy atom. The molecular formula is C4H5O3. The van der Waals surface area contributed by atoms with Crippen molar-refractivity contribution in [2.45, 2.75) is 6.92 Å². The summed E-state index contributed by atoms with van der Waals surface area (Å²) in [6.07, 6.45) is 0.308. The van der Waals surface area contributed by atoms with Gasteiger partial charge in [-0.1, -0.05) is 0 Å². The van der Waals surface area contributed by atoms with Gasteiger partial charge in [0, 0.05) is 0 Å². The monoisotopic (exact) mass is 101 g/mol. The summed E-state index contributed by atoms with van der Waals surface area (Å²) >= 11 is 0. The van der Waals surface area contributed by atoms with Crippen LogP contribution in [0.3, 0.4) is 0 Å². The van der Waals surface area contributed by atoms with E-state index in [-0.39, 0.29) is 5.57 Å². The van der Waals surface area contributed by atoms with E-state index in [1.54, 1.807) is 0 Å². The van der Waals surface area contributed by atoms with Crippen LogP contribution < -0.4 is 0 Å². The van der Waals surface area contributed by atoms with Crippen molar-refractivity contribution in [1.29, 1.82) is 0 Å². The molecule has 0 aromatic carbocycles. The van der Waals surface area contributed by atoms with E-state index in [9.17, 15) is 9.90 Å². The molecular weight excluding hydrogens is 96.0 g/mol. The fourth-order valence-corrected chi connectivity index (χ4v) is 0.0504. The van der Waals surface area contributed by atoms with Gasteiger partial charge >= 0.3 is 5.97 Å². The van der Waals surface area contributed by atoms with Crippen LogP contribution in [0.5, 0.6) is 0 Å². The van der Waals surface area contributed by atoms with Crippen LogP contribution in [0.4, 0.5) is 0 Å². The Balaban J connectivity index is 3.82. The van der Waals surface area contributed by atoms with E-state index >= 15 is 0 Å². The van der Waals surface area contributed by atoms with Crippen LogP contribution in [-0.4, -0.2) is 11.1 Å². The van der Waals surface area contributed by atoms with Crippen molar-refractivity contribution in [3.8, 4) is 0 Å². The third kappa shape index (κ3) is 1.81. The molecule has 0 aliphatic heterocycles. The summed E-state index contributed by atoms with van der Waals surface area (Å²) in [6.45, 7) is 1.25. The van der Waals surface area contributed by atoms with Crippen molar-refractivity contribution in [1.82, 2.24) is 0 Å². The minimum absolute atomic E-state index is 0.167. The number of carbonyl (C=O) groups is 1. The average Bonchev–Trinajstić information content (AvgIpc) is 1.65. The van der Waals surface area contributed by atoms with Crippen molar-refractivity contribution < 1.29 is 15.0 Å². The second-order valence-corrected chi connectivity index (χ2v) is 1.11. The number of carboxylic acids is 1. The van der Waals surface area contributed by atoms with Crippen LogP contribution in [0, 0.1) is 0 Å². The fraction of sp³-hybridized carbons (Fsp3) is 0.250. The van der Waals surface area contributed by atoms with Gasteiger partial charge in [0.15, 0.2) is 6.26 Å². The summed E-state index contributed by atoms with van der Waals surface area (Å²) < 4.78 is 0. The van der Waals surface area contributed by atoms with Gasteiger partial charge in [0.1, 0.15) is 0 Å². The maximum Gasteiger partial charge on any atom is 0.334 e. The van der Waals surface area contributed by atoms with E-state index in [1.165, 1.54) is 6.92 Å². The topological polar surface area (TPSA) is 57.2 Å². The van der Waals surface area contributed by atoms with Crippen LogP contribution in [-0.2, 0) is 9.90 Å². The van der Waals surface area contributed by atoms with Crippen LogP contribution >= 0.6 is 0 Å². The molecule has 0 aliphatic carbocycles. The van der Waals surface area contributed by atoms with Gasteiger partial charge in [-0.15, -0.1) is 0 Å². The van der Waals surface area contributed by atoms with E-state index in [1.807, 2.05) is 0 Å². The zero-order chi connectivity index (χ0) is 5.86. The van der Waals surface area contributed by atoms with Crippen LogP contribution in [0.1, 0.15) is 6.92 Å². The van der Waals surface area contributed by atoms with Gasteiger partial charge in [0.25, 0.3) is 0 Å². The molecule has 0 spiro atoms. The predicted octanol–water partition coefficient (Wildman–Crippen LogP) is 0.405. The van der Waals surface area contributed by atoms with E-state index in [0.717, 1.165) is 0 Å². The summed E-state index contributed by atoms with van der Waals surface area (Å²) in [7, 11) is 0. The molecule has 0 saturated carbocycles. The summed E-state index contributed by atoms with van der Waals surface area (Å²) in [5, 5.41) is 17.4. The van der Waals surface area contributed by atoms with Gasteiger partial charge in [-0.25, -0.2) is 4.79 Å². The quantitative estimate of drug-likeness (QED) is 0.384. The highest BCUT2D eigenvalue weighted by atomic mass is 16.4. The number of hydrogen-bond donors (Lipinski definition) is 1. The minimum Gasteiger partial charge on any atom is -0.478 e. The molecule has 0 rings (SSSR count). The molecule has 0 heterocycles. The summed E-state index contributed by atoms with van der Waals surface area (Å²) in [4.78, 5) is 9.66. The summed E-state index contributed by atoms with van der Waals surface area (Å²) in [5.74, 6) is -1.16. The average molecular weight is 101 g/mol. The lowest BCUT2D eigenvalue weighted by Gasteiger charge is -1.81. The third-order valence-electron chi connectivity index (χ3n) is 0.514. The number of hydrogen-bond acceptors (Lipinski definition) is 1. The molecule has 1 radical (unpaired) electrons. The Labute approximate surface area is 40.9 Å². The molecule has 3 heteroatoms. The molecule has 0 atom stereocenters. The van der Waals surface area contributed by atoms with Gasteiger partial charge in [-0.05, 0) is 6.92 Å². The lowest BCUT2D eigenvalue weighted by molar-refractivity contribution is -0.132. The molecule has 1 N–H and O–H groups in total. The molecule has 7 heavy (non-hydrogen) atoms. The Hall–Kier alpha value is -0.990. The maximum atomic E-state index is 9.66. The predicted molar refractivity (Wildman–Crippen MR) is 22.1 cm³/mol. The molecule has 3 nitrogen and oxygen atoms in total. The molecule has 0 aromatic heterocycles. The van der Waals surface area contributed by atoms with Crippen LogP contribution in [0.15, 0.2) is 11.8 Å². The van der Waals surface area contributed by atoms with Gasteiger partial charge in [0.2, 0.25) is 0 Å². The molecule has 0 aromatic rings. The van der Waals surface area contributed by atoms with Gasteiger partial charge in [0.05, 0.1) is 5.57 Å². The lowest BCUT2D eigenvalue weighted by Crippen LogP contribution is -1.94. The van der Waals surface area contributed by atoms with Gasteiger partial charge in [-0.3, -0.25) is 5.11 Å². The number of carboxylic acid groups (broad SMARTS) is 1. The standard InChI is InChI=1S/C4H5O3/c1-3(2-5)4(6)7/h2H,1H3,(H,6,7). The van der Waals surface area contributed by atoms with Crippen molar-refractivity contribution >= 4 is 5.97 Å². The van der Waals surface area contributed by atoms with Crippen molar-refractivity contribution in [2.75, 3.05) is 0 Å². The molecule has 0 aliphatic rings. The second-order valence-electron chi connectivity index (χ2n) is 1.11. The van der Waals surface area contributed by atoms with Crippen molar-refractivity contribution in [2.24, 2.45) is 0 Å². The number of rotatable bonds is 1. The second kappa shape index (κ2) is 2.23. The first-order chi connectivity index (χ1) is 3.18. The largest absolute Gasteiger partial charge is 0.478 e. The van der Waals surface area contributed by atoms with E-state index < -0.39 is 5.97 Å². The van der Waals surface area contributed by atoms with E-state index in [4.69, 9.17) is 5.11 Å². The molecule has 0 saturated heterocycles. The normalized spacial score (nSPS) is 11.3. The first-order valence-electron chi connectivity index (χ1n) is 1.70. The molecule has 0 bridgehead atoms. The van der Waals surface area contributed by atoms with E-state index in [2.05, 4.69) is 0 Å². The van der Waals surface area contributed by atoms with Crippen molar-refractivity contribution in [3.63, 3.8) is 0 Å². The smallest absolute Gasteiger partial charge is 0.334 e. The van der Waals surface area contributed by atoms with Crippen molar-refractivity contribution in [3.05, 3.63) is 11.8 Å². The molecule has 0 amide bonds. The van der Waals surface area contributed by atoms with Crippen LogP contribution in [0.2, 0.25) is 0 Å².